The second-order valence-corrected chi connectivity index (χ2v) is 20.3. The molecule has 70 heavy (non-hydrogen) atoms. The first-order valence-electron chi connectivity index (χ1n) is 28.3. The van der Waals surface area contributed by atoms with Crippen LogP contribution in [0.2, 0.25) is 0 Å². The van der Waals surface area contributed by atoms with E-state index in [0.717, 1.165) is 54.7 Å². The molecular formula is C64H58B2O4. The third-order valence-electron chi connectivity index (χ3n) is 14.7. The molecule has 12 rings (SSSR count). The van der Waals surface area contributed by atoms with Crippen LogP contribution in [0.1, 0.15) is 67.7 Å². The van der Waals surface area contributed by atoms with E-state index in [1.165, 1.54) is 21.9 Å². The summed E-state index contributed by atoms with van der Waals surface area (Å²) >= 11 is 0. The Bertz CT molecular complexity index is 4110. The molecule has 2 saturated heterocycles. The zero-order valence-electron chi connectivity index (χ0n) is 49.7. The average Bonchev–Trinajstić information content (AvgIpc) is 3.98. The van der Waals surface area contributed by atoms with E-state index >= 15 is 0 Å². The smallest absolute Gasteiger partial charge is 0.399 e. The summed E-state index contributed by atoms with van der Waals surface area (Å²) in [5.41, 5.74) is 6.70. The molecule has 2 fully saturated rings. The lowest BCUT2D eigenvalue weighted by Gasteiger charge is -2.32. The quantitative estimate of drug-likeness (QED) is 0.156. The first-order chi connectivity index (χ1) is 37.3. The predicted molar refractivity (Wildman–Crippen MR) is 296 cm³/mol. The van der Waals surface area contributed by atoms with Crippen molar-refractivity contribution in [2.24, 2.45) is 0 Å². The van der Waals surface area contributed by atoms with Gasteiger partial charge in [-0.05, 0) is 190 Å². The summed E-state index contributed by atoms with van der Waals surface area (Å²) in [6.45, 7) is 16.2. The van der Waals surface area contributed by atoms with Crippen LogP contribution < -0.4 is 10.9 Å². The molecule has 0 radical (unpaired) electrons. The second kappa shape index (κ2) is 17.6. The first kappa shape index (κ1) is 36.2. The van der Waals surface area contributed by atoms with E-state index in [-0.39, 0.29) is 52.6 Å². The summed E-state index contributed by atoms with van der Waals surface area (Å²) in [4.78, 5) is 0. The van der Waals surface area contributed by atoms with Crippen molar-refractivity contribution in [1.29, 1.82) is 0 Å². The molecule has 0 aromatic heterocycles. The molecule has 0 saturated carbocycles. The lowest BCUT2D eigenvalue weighted by Crippen LogP contribution is -2.41. The second-order valence-electron chi connectivity index (χ2n) is 20.3. The van der Waals surface area contributed by atoms with Crippen molar-refractivity contribution in [1.82, 2.24) is 0 Å². The minimum Gasteiger partial charge on any atom is -0.399 e. The Balaban J connectivity index is 0.000000168. The lowest BCUT2D eigenvalue weighted by atomic mass is 9.74. The fourth-order valence-corrected chi connectivity index (χ4v) is 9.20. The van der Waals surface area contributed by atoms with E-state index in [2.05, 4.69) is 84.9 Å². The van der Waals surface area contributed by atoms with Crippen LogP contribution in [-0.2, 0) is 18.6 Å². The van der Waals surface area contributed by atoms with Gasteiger partial charge in [-0.2, -0.15) is 0 Å². The summed E-state index contributed by atoms with van der Waals surface area (Å²) in [7, 11) is -1.11. The summed E-state index contributed by atoms with van der Waals surface area (Å²) < 4.78 is 101. The molecule has 0 aliphatic carbocycles. The van der Waals surface area contributed by atoms with Gasteiger partial charge in [-0.1, -0.05) is 170 Å². The number of hydrogen-bond donors (Lipinski definition) is 0. The van der Waals surface area contributed by atoms with Crippen molar-refractivity contribution in [2.45, 2.75) is 77.8 Å². The van der Waals surface area contributed by atoms with Crippen LogP contribution in [0, 0.1) is 0 Å². The highest BCUT2D eigenvalue weighted by Gasteiger charge is 2.53. The van der Waals surface area contributed by atoms with Crippen molar-refractivity contribution in [3.63, 3.8) is 0 Å². The van der Waals surface area contributed by atoms with Crippen LogP contribution in [0.3, 0.4) is 0 Å². The van der Waals surface area contributed by atoms with E-state index < -0.39 is 54.8 Å². The van der Waals surface area contributed by atoms with Gasteiger partial charge in [-0.3, -0.25) is 0 Å². The van der Waals surface area contributed by atoms with Gasteiger partial charge in [0.1, 0.15) is 0 Å². The monoisotopic (exact) mass is 922 g/mol. The van der Waals surface area contributed by atoms with Crippen molar-refractivity contribution in [3.8, 4) is 44.5 Å². The summed E-state index contributed by atoms with van der Waals surface area (Å²) in [6.07, 6.45) is 0. The summed E-state index contributed by atoms with van der Waals surface area (Å²) in [6, 6.07) is 48.8. The van der Waals surface area contributed by atoms with E-state index in [9.17, 15) is 0 Å². The summed E-state index contributed by atoms with van der Waals surface area (Å²) in [5, 5.41) is 6.38. The van der Waals surface area contributed by atoms with Gasteiger partial charge in [0.15, 0.2) is 0 Å². The van der Waals surface area contributed by atoms with Gasteiger partial charge in [0.2, 0.25) is 0 Å². The predicted octanol–water partition coefficient (Wildman–Crippen LogP) is 15.3. The zero-order chi connectivity index (χ0) is 56.2. The van der Waals surface area contributed by atoms with Crippen molar-refractivity contribution in [2.75, 3.05) is 0 Å². The fourth-order valence-electron chi connectivity index (χ4n) is 9.20. The minimum atomic E-state index is -0.601. The molecule has 2 aliphatic heterocycles. The fraction of sp³-hybridized carbons (Fsp3) is 0.188. The molecule has 0 N–H and O–H groups in total. The maximum absolute atomic E-state index is 8.86. The van der Waals surface area contributed by atoms with Gasteiger partial charge in [-0.25, -0.2) is 0 Å². The van der Waals surface area contributed by atoms with Crippen LogP contribution in [0.25, 0.3) is 87.6 Å². The largest absolute Gasteiger partial charge is 0.495 e. The molecule has 10 aromatic carbocycles. The molecule has 4 nitrogen and oxygen atoms in total. The Kier molecular flexibility index (Phi) is 9.08. The standard InChI is InChI=1S/2C32H29BO2/c2*1-31(2)32(3,4)35-33(34-31)30-12-8-7-11-29(30)28-18-17-26-20-25(15-16-27(26)21-28)24-14-13-22-9-5-6-10-23(22)19-24/h2*5-21H,1-4H3/i5D,6D,9D,10D,13D,14D,19D;7D,8D. The first-order valence-corrected chi connectivity index (χ1v) is 23.8. The molecule has 2 heterocycles. The molecular weight excluding hydrogens is 854 g/mol. The van der Waals surface area contributed by atoms with Crippen LogP contribution >= 0.6 is 0 Å². The average molecular weight is 922 g/mol. The van der Waals surface area contributed by atoms with Crippen LogP contribution in [0.15, 0.2) is 206 Å². The Hall–Kier alpha value is -6.79. The maximum atomic E-state index is 8.86. The van der Waals surface area contributed by atoms with Crippen molar-refractivity contribution < 1.29 is 31.0 Å². The molecule has 0 spiro atoms. The van der Waals surface area contributed by atoms with Crippen LogP contribution in [0.5, 0.6) is 0 Å². The van der Waals surface area contributed by atoms with E-state index in [1.54, 1.807) is 18.2 Å². The Morgan fingerprint density at radius 1 is 0.314 bits per heavy atom. The van der Waals surface area contributed by atoms with Gasteiger partial charge >= 0.3 is 14.2 Å². The highest BCUT2D eigenvalue weighted by Crippen LogP contribution is 2.40. The van der Waals surface area contributed by atoms with Gasteiger partial charge in [0.05, 0.1) is 34.7 Å². The number of rotatable bonds is 6. The highest BCUT2D eigenvalue weighted by atomic mass is 16.7. The van der Waals surface area contributed by atoms with Gasteiger partial charge in [0, 0.05) is 0 Å². The Labute approximate surface area is 426 Å². The topological polar surface area (TPSA) is 36.9 Å². The van der Waals surface area contributed by atoms with E-state index in [1.807, 2.05) is 104 Å². The number of benzene rings is 10. The minimum absolute atomic E-state index is 0.0493. The molecule has 0 unspecified atom stereocenters. The third-order valence-corrected chi connectivity index (χ3v) is 14.7. The molecule has 0 bridgehead atoms. The van der Waals surface area contributed by atoms with Gasteiger partial charge < -0.3 is 18.6 Å². The number of fused-ring (bicyclic) bond motifs is 4. The van der Waals surface area contributed by atoms with Crippen molar-refractivity contribution in [3.05, 3.63) is 206 Å². The van der Waals surface area contributed by atoms with Crippen LogP contribution in [-0.4, -0.2) is 36.6 Å². The Morgan fingerprint density at radius 2 is 0.700 bits per heavy atom. The normalized spacial score (nSPS) is 18.5. The number of hydrogen-bond acceptors (Lipinski definition) is 4. The SMILES string of the molecule is [2H]c1c([2H])c([2H])c2c([2H])c(-c3ccc4cc(-c5ccccc5B5OC(C)(C)C(C)(C)O5)ccc4c3)c([2H])c([2H])c2c1[2H].[2H]c1cc(B2OC(C)(C)C(C)(C)O2)c(-c2ccc3cc(-c4ccc5ccccc5c4)ccc3c2)cc1[2H]. The molecule has 6 heteroatoms. The highest BCUT2D eigenvalue weighted by molar-refractivity contribution is 6.64. The maximum Gasteiger partial charge on any atom is 0.495 e. The van der Waals surface area contributed by atoms with Crippen molar-refractivity contribution >= 4 is 68.3 Å². The molecule has 0 amide bonds. The molecule has 10 aromatic rings. The van der Waals surface area contributed by atoms with E-state index in [0.29, 0.717) is 5.56 Å². The van der Waals surface area contributed by atoms with Crippen LogP contribution in [0.4, 0.5) is 0 Å². The third kappa shape index (κ3) is 8.54. The molecule has 344 valence electrons. The summed E-state index contributed by atoms with van der Waals surface area (Å²) in [5.74, 6) is 0. The van der Waals surface area contributed by atoms with Gasteiger partial charge in [0.25, 0.3) is 0 Å². The molecule has 0 atom stereocenters. The Morgan fingerprint density at radius 3 is 1.26 bits per heavy atom. The zero-order valence-corrected chi connectivity index (χ0v) is 40.7. The molecule has 2 aliphatic rings. The lowest BCUT2D eigenvalue weighted by molar-refractivity contribution is 0.00578. The van der Waals surface area contributed by atoms with Gasteiger partial charge in [-0.15, -0.1) is 0 Å². The van der Waals surface area contributed by atoms with E-state index in [4.69, 9.17) is 31.0 Å².